The number of hydrogen-bond donors (Lipinski definition) is 1. The molecule has 0 aliphatic carbocycles. The van der Waals surface area contributed by atoms with Crippen LogP contribution in [0.4, 0.5) is 0 Å². The lowest BCUT2D eigenvalue weighted by Crippen LogP contribution is -2.42. The van der Waals surface area contributed by atoms with Gasteiger partial charge in [0, 0.05) is 32.5 Å². The molecular formula is C11H21NO2. The topological polar surface area (TPSA) is 44.5 Å². The van der Waals surface area contributed by atoms with E-state index in [0.717, 1.165) is 52.1 Å². The van der Waals surface area contributed by atoms with Gasteiger partial charge in [-0.05, 0) is 37.5 Å². The smallest absolute Gasteiger partial charge is 0.0469 e. The highest BCUT2D eigenvalue weighted by Gasteiger charge is 2.28. The van der Waals surface area contributed by atoms with E-state index < -0.39 is 0 Å². The van der Waals surface area contributed by atoms with Crippen LogP contribution in [0.2, 0.25) is 0 Å². The second kappa shape index (κ2) is 5.10. The Bertz CT molecular complexity index is 145. The van der Waals surface area contributed by atoms with Gasteiger partial charge in [-0.3, -0.25) is 0 Å². The first-order valence-electron chi connectivity index (χ1n) is 5.79. The first kappa shape index (κ1) is 10.4. The highest BCUT2D eigenvalue weighted by Crippen LogP contribution is 2.27. The Morgan fingerprint density at radius 1 is 0.786 bits per heavy atom. The van der Waals surface area contributed by atoms with Crippen molar-refractivity contribution in [3.05, 3.63) is 0 Å². The molecule has 2 heterocycles. The molecule has 3 nitrogen and oxygen atoms in total. The molecule has 3 heteroatoms. The van der Waals surface area contributed by atoms with Gasteiger partial charge in [-0.15, -0.1) is 0 Å². The van der Waals surface area contributed by atoms with E-state index in [1.165, 1.54) is 0 Å². The largest absolute Gasteiger partial charge is 0.381 e. The predicted octanol–water partition coefficient (Wildman–Crippen LogP) is 1.17. The van der Waals surface area contributed by atoms with Crippen LogP contribution in [-0.2, 0) is 9.47 Å². The van der Waals surface area contributed by atoms with Gasteiger partial charge in [0.1, 0.15) is 0 Å². The Labute approximate surface area is 85.9 Å². The maximum atomic E-state index is 6.31. The van der Waals surface area contributed by atoms with E-state index in [1.807, 2.05) is 0 Å². The fourth-order valence-corrected chi connectivity index (χ4v) is 2.59. The molecule has 0 bridgehead atoms. The maximum Gasteiger partial charge on any atom is 0.0469 e. The van der Waals surface area contributed by atoms with Crippen LogP contribution < -0.4 is 5.73 Å². The van der Waals surface area contributed by atoms with Crippen molar-refractivity contribution >= 4 is 0 Å². The van der Waals surface area contributed by atoms with Gasteiger partial charge in [0.05, 0.1) is 0 Å². The van der Waals surface area contributed by atoms with E-state index in [1.54, 1.807) is 0 Å². The standard InChI is InChI=1S/C11H21NO2/c12-11(9-1-5-13-6-2-9)10-3-7-14-8-4-10/h9-11H,1-8,12H2. The molecule has 0 spiro atoms. The molecule has 0 aromatic heterocycles. The second-order valence-electron chi connectivity index (χ2n) is 4.48. The Kier molecular flexibility index (Phi) is 3.79. The number of rotatable bonds is 2. The predicted molar refractivity (Wildman–Crippen MR) is 55.1 cm³/mol. The van der Waals surface area contributed by atoms with Crippen molar-refractivity contribution in [2.24, 2.45) is 17.6 Å². The minimum atomic E-state index is 0.378. The van der Waals surface area contributed by atoms with Crippen molar-refractivity contribution in [3.63, 3.8) is 0 Å². The maximum absolute atomic E-state index is 6.31. The average Bonchev–Trinajstić information content (AvgIpc) is 2.30. The molecule has 2 saturated heterocycles. The summed E-state index contributed by atoms with van der Waals surface area (Å²) >= 11 is 0. The lowest BCUT2D eigenvalue weighted by atomic mass is 9.80. The van der Waals surface area contributed by atoms with Crippen LogP contribution in [0.3, 0.4) is 0 Å². The molecule has 0 atom stereocenters. The van der Waals surface area contributed by atoms with Gasteiger partial charge in [0.25, 0.3) is 0 Å². The summed E-state index contributed by atoms with van der Waals surface area (Å²) in [7, 11) is 0. The van der Waals surface area contributed by atoms with Crippen molar-refractivity contribution in [1.82, 2.24) is 0 Å². The first-order chi connectivity index (χ1) is 6.88. The second-order valence-corrected chi connectivity index (χ2v) is 4.48. The van der Waals surface area contributed by atoms with Crippen LogP contribution in [-0.4, -0.2) is 32.5 Å². The molecule has 82 valence electrons. The first-order valence-corrected chi connectivity index (χ1v) is 5.79. The van der Waals surface area contributed by atoms with Crippen LogP contribution in [0.25, 0.3) is 0 Å². The van der Waals surface area contributed by atoms with Gasteiger partial charge in [-0.1, -0.05) is 0 Å². The molecule has 0 aromatic rings. The molecule has 2 aliphatic heterocycles. The third-order valence-corrected chi connectivity index (χ3v) is 3.62. The minimum Gasteiger partial charge on any atom is -0.381 e. The zero-order chi connectivity index (χ0) is 9.80. The van der Waals surface area contributed by atoms with Crippen molar-refractivity contribution in [2.75, 3.05) is 26.4 Å². The molecule has 2 aliphatic rings. The summed E-state index contributed by atoms with van der Waals surface area (Å²) in [6, 6.07) is 0.378. The van der Waals surface area contributed by atoms with E-state index in [4.69, 9.17) is 15.2 Å². The molecular weight excluding hydrogens is 178 g/mol. The summed E-state index contributed by atoms with van der Waals surface area (Å²) in [6.45, 7) is 3.62. The Hall–Kier alpha value is -0.120. The van der Waals surface area contributed by atoms with E-state index in [-0.39, 0.29) is 0 Å². The Balaban J connectivity index is 1.82. The Morgan fingerprint density at radius 3 is 1.50 bits per heavy atom. The molecule has 0 saturated carbocycles. The molecule has 0 radical (unpaired) electrons. The molecule has 0 unspecified atom stereocenters. The monoisotopic (exact) mass is 199 g/mol. The fourth-order valence-electron chi connectivity index (χ4n) is 2.59. The summed E-state index contributed by atoms with van der Waals surface area (Å²) in [6.07, 6.45) is 4.61. The molecule has 14 heavy (non-hydrogen) atoms. The molecule has 0 aromatic carbocycles. The van der Waals surface area contributed by atoms with Crippen molar-refractivity contribution in [2.45, 2.75) is 31.7 Å². The van der Waals surface area contributed by atoms with Crippen LogP contribution in [0, 0.1) is 11.8 Å². The summed E-state index contributed by atoms with van der Waals surface area (Å²) in [5.41, 5.74) is 6.31. The van der Waals surface area contributed by atoms with Crippen molar-refractivity contribution < 1.29 is 9.47 Å². The van der Waals surface area contributed by atoms with Crippen LogP contribution in [0.15, 0.2) is 0 Å². The quantitative estimate of drug-likeness (QED) is 0.726. The van der Waals surface area contributed by atoms with Crippen LogP contribution >= 0.6 is 0 Å². The molecule has 2 N–H and O–H groups in total. The van der Waals surface area contributed by atoms with Crippen molar-refractivity contribution in [3.8, 4) is 0 Å². The molecule has 0 amide bonds. The molecule has 2 rings (SSSR count). The normalized spacial score (nSPS) is 27.0. The van der Waals surface area contributed by atoms with E-state index in [9.17, 15) is 0 Å². The highest BCUT2D eigenvalue weighted by molar-refractivity contribution is 4.83. The zero-order valence-electron chi connectivity index (χ0n) is 8.78. The average molecular weight is 199 g/mol. The minimum absolute atomic E-state index is 0.378. The third kappa shape index (κ3) is 2.47. The Morgan fingerprint density at radius 2 is 1.14 bits per heavy atom. The van der Waals surface area contributed by atoms with Gasteiger partial charge in [-0.2, -0.15) is 0 Å². The number of hydrogen-bond acceptors (Lipinski definition) is 3. The number of nitrogens with two attached hydrogens (primary N) is 1. The van der Waals surface area contributed by atoms with Gasteiger partial charge >= 0.3 is 0 Å². The van der Waals surface area contributed by atoms with Gasteiger partial charge in [-0.25, -0.2) is 0 Å². The summed E-state index contributed by atoms with van der Waals surface area (Å²) in [4.78, 5) is 0. The molecule has 2 fully saturated rings. The van der Waals surface area contributed by atoms with Gasteiger partial charge in [0.2, 0.25) is 0 Å². The lowest BCUT2D eigenvalue weighted by molar-refractivity contribution is 0.0221. The van der Waals surface area contributed by atoms with E-state index in [2.05, 4.69) is 0 Å². The fraction of sp³-hybridized carbons (Fsp3) is 1.00. The van der Waals surface area contributed by atoms with Crippen molar-refractivity contribution in [1.29, 1.82) is 0 Å². The lowest BCUT2D eigenvalue weighted by Gasteiger charge is -2.35. The zero-order valence-corrected chi connectivity index (χ0v) is 8.78. The summed E-state index contributed by atoms with van der Waals surface area (Å²) in [5, 5.41) is 0. The van der Waals surface area contributed by atoms with Crippen LogP contribution in [0.5, 0.6) is 0 Å². The van der Waals surface area contributed by atoms with Gasteiger partial charge < -0.3 is 15.2 Å². The SMILES string of the molecule is NC(C1CCOCC1)C1CCOCC1. The van der Waals surface area contributed by atoms with Gasteiger partial charge in [0.15, 0.2) is 0 Å². The highest BCUT2D eigenvalue weighted by atomic mass is 16.5. The number of ether oxygens (including phenoxy) is 2. The van der Waals surface area contributed by atoms with Crippen LogP contribution in [0.1, 0.15) is 25.7 Å². The van der Waals surface area contributed by atoms with E-state index in [0.29, 0.717) is 17.9 Å². The summed E-state index contributed by atoms with van der Waals surface area (Å²) < 4.78 is 10.7. The third-order valence-electron chi connectivity index (χ3n) is 3.62. The summed E-state index contributed by atoms with van der Waals surface area (Å²) in [5.74, 6) is 1.37. The van der Waals surface area contributed by atoms with E-state index >= 15 is 0 Å².